The zero-order valence-corrected chi connectivity index (χ0v) is 17.8. The summed E-state index contributed by atoms with van der Waals surface area (Å²) in [5.74, 6) is 1.25. The minimum atomic E-state index is -0.226. The summed E-state index contributed by atoms with van der Waals surface area (Å²) in [4.78, 5) is 28.6. The Labute approximate surface area is 186 Å². The first-order valence-corrected chi connectivity index (χ1v) is 11.0. The van der Waals surface area contributed by atoms with Crippen molar-refractivity contribution in [3.05, 3.63) is 59.2 Å². The van der Waals surface area contributed by atoms with Crippen molar-refractivity contribution in [3.8, 4) is 17.2 Å². The van der Waals surface area contributed by atoms with Crippen LogP contribution in [-0.4, -0.2) is 62.7 Å². The molecule has 0 spiro atoms. The molecule has 0 atom stereocenters. The molecule has 2 aliphatic heterocycles. The summed E-state index contributed by atoms with van der Waals surface area (Å²) in [7, 11) is 0. The number of hydrogen-bond acceptors (Lipinski definition) is 7. The van der Waals surface area contributed by atoms with Crippen LogP contribution in [0.5, 0.6) is 17.2 Å². The molecule has 1 fully saturated rings. The zero-order valence-electron chi connectivity index (χ0n) is 17.8. The Morgan fingerprint density at radius 1 is 0.969 bits per heavy atom. The number of ketones is 2. The number of morpholine rings is 1. The van der Waals surface area contributed by atoms with Crippen molar-refractivity contribution in [2.24, 2.45) is 0 Å². The van der Waals surface area contributed by atoms with Gasteiger partial charge >= 0.3 is 0 Å². The van der Waals surface area contributed by atoms with E-state index in [0.29, 0.717) is 46.1 Å². The predicted octanol–water partition coefficient (Wildman–Crippen LogP) is 3.37. The van der Waals surface area contributed by atoms with Crippen molar-refractivity contribution in [3.63, 3.8) is 0 Å². The minimum Gasteiger partial charge on any atom is -0.493 e. The Hall–Kier alpha value is -3.16. The first-order valence-electron chi connectivity index (χ1n) is 11.0. The molecule has 0 bridgehead atoms. The maximum absolute atomic E-state index is 13.2. The topological polar surface area (TPSA) is 74.3 Å². The van der Waals surface area contributed by atoms with Gasteiger partial charge in [-0.2, -0.15) is 0 Å². The van der Waals surface area contributed by atoms with Crippen LogP contribution in [0.15, 0.2) is 42.5 Å². The van der Waals surface area contributed by atoms with Gasteiger partial charge in [-0.15, -0.1) is 0 Å². The molecule has 0 radical (unpaired) electrons. The molecule has 0 N–H and O–H groups in total. The zero-order chi connectivity index (χ0) is 21.9. The van der Waals surface area contributed by atoms with E-state index < -0.39 is 0 Å². The van der Waals surface area contributed by atoms with Gasteiger partial charge in [0.1, 0.15) is 5.75 Å². The lowest BCUT2D eigenvalue weighted by atomic mass is 9.85. The Balaban J connectivity index is 1.26. The van der Waals surface area contributed by atoms with Crippen molar-refractivity contribution < 1.29 is 28.5 Å². The van der Waals surface area contributed by atoms with Gasteiger partial charge in [0, 0.05) is 24.2 Å². The van der Waals surface area contributed by atoms with Gasteiger partial charge in [0.05, 0.1) is 25.4 Å². The molecule has 166 valence electrons. The van der Waals surface area contributed by atoms with Gasteiger partial charge in [0.15, 0.2) is 23.1 Å². The van der Waals surface area contributed by atoms with E-state index in [9.17, 15) is 9.59 Å². The maximum Gasteiger partial charge on any atom is 0.231 e. The lowest BCUT2D eigenvalue weighted by Gasteiger charge is -2.26. The number of hydrogen-bond donors (Lipinski definition) is 0. The fourth-order valence-electron chi connectivity index (χ4n) is 4.23. The van der Waals surface area contributed by atoms with E-state index in [0.717, 1.165) is 45.7 Å². The van der Waals surface area contributed by atoms with Gasteiger partial charge < -0.3 is 18.9 Å². The van der Waals surface area contributed by atoms with Crippen LogP contribution in [0, 0.1) is 0 Å². The normalized spacial score (nSPS) is 17.8. The molecule has 3 aliphatic rings. The number of fused-ring (bicyclic) bond motifs is 2. The van der Waals surface area contributed by atoms with Gasteiger partial charge in [0.25, 0.3) is 0 Å². The molecular formula is C25H25NO6. The predicted molar refractivity (Wildman–Crippen MR) is 118 cm³/mol. The van der Waals surface area contributed by atoms with Crippen LogP contribution in [-0.2, 0) is 4.74 Å². The van der Waals surface area contributed by atoms with E-state index in [2.05, 4.69) is 4.90 Å². The standard InChI is InChI=1S/C25H25NO6/c27-20-15-19(17-6-7-21-23(14-17)32-16-31-21)25(28)18-4-3-5-22(24(18)20)30-11-2-1-8-26-9-12-29-13-10-26/h3-7,14-15H,1-2,8-13,16H2. The Morgan fingerprint density at radius 3 is 2.69 bits per heavy atom. The van der Waals surface area contributed by atoms with Crippen molar-refractivity contribution in [1.29, 1.82) is 0 Å². The third-order valence-electron chi connectivity index (χ3n) is 5.95. The van der Waals surface area contributed by atoms with E-state index >= 15 is 0 Å². The summed E-state index contributed by atoms with van der Waals surface area (Å²) in [6, 6.07) is 10.5. The average molecular weight is 435 g/mol. The number of carbonyl (C=O) groups excluding carboxylic acids is 2. The molecule has 0 saturated carbocycles. The highest BCUT2D eigenvalue weighted by Gasteiger charge is 2.30. The summed E-state index contributed by atoms with van der Waals surface area (Å²) < 4.78 is 22.0. The van der Waals surface area contributed by atoms with Crippen molar-refractivity contribution in [2.45, 2.75) is 12.8 Å². The quantitative estimate of drug-likeness (QED) is 0.618. The smallest absolute Gasteiger partial charge is 0.231 e. The van der Waals surface area contributed by atoms with Crippen LogP contribution in [0.4, 0.5) is 0 Å². The van der Waals surface area contributed by atoms with Crippen LogP contribution in [0.2, 0.25) is 0 Å². The van der Waals surface area contributed by atoms with E-state index in [-0.39, 0.29) is 18.4 Å². The molecule has 32 heavy (non-hydrogen) atoms. The Morgan fingerprint density at radius 2 is 1.81 bits per heavy atom. The van der Waals surface area contributed by atoms with Gasteiger partial charge in [-0.3, -0.25) is 14.5 Å². The first kappa shape index (κ1) is 20.7. The highest BCUT2D eigenvalue weighted by atomic mass is 16.7. The summed E-state index contributed by atoms with van der Waals surface area (Å²) in [6.45, 7) is 5.21. The summed E-state index contributed by atoms with van der Waals surface area (Å²) >= 11 is 0. The molecular weight excluding hydrogens is 410 g/mol. The number of benzene rings is 2. The third kappa shape index (κ3) is 4.13. The van der Waals surface area contributed by atoms with E-state index in [1.165, 1.54) is 6.08 Å². The van der Waals surface area contributed by atoms with Crippen LogP contribution >= 0.6 is 0 Å². The van der Waals surface area contributed by atoms with Crippen LogP contribution in [0.3, 0.4) is 0 Å². The van der Waals surface area contributed by atoms with Gasteiger partial charge in [-0.05, 0) is 49.2 Å². The van der Waals surface area contributed by atoms with Crippen molar-refractivity contribution in [1.82, 2.24) is 4.90 Å². The third-order valence-corrected chi connectivity index (χ3v) is 5.95. The van der Waals surface area contributed by atoms with E-state index in [4.69, 9.17) is 18.9 Å². The van der Waals surface area contributed by atoms with Gasteiger partial charge in [-0.25, -0.2) is 0 Å². The first-order chi connectivity index (χ1) is 15.7. The molecule has 2 heterocycles. The Bertz CT molecular complexity index is 1070. The molecule has 0 amide bonds. The lowest BCUT2D eigenvalue weighted by Crippen LogP contribution is -2.36. The van der Waals surface area contributed by atoms with E-state index in [1.54, 1.807) is 36.4 Å². The number of rotatable bonds is 7. The molecule has 0 aromatic heterocycles. The van der Waals surface area contributed by atoms with Crippen molar-refractivity contribution >= 4 is 17.1 Å². The molecule has 1 aliphatic carbocycles. The lowest BCUT2D eigenvalue weighted by molar-refractivity contribution is 0.0368. The number of allylic oxidation sites excluding steroid dienone is 2. The second-order valence-electron chi connectivity index (χ2n) is 8.01. The van der Waals surface area contributed by atoms with Crippen LogP contribution < -0.4 is 14.2 Å². The number of ether oxygens (including phenoxy) is 4. The molecule has 2 aromatic carbocycles. The fourth-order valence-corrected chi connectivity index (χ4v) is 4.23. The van der Waals surface area contributed by atoms with Crippen LogP contribution in [0.25, 0.3) is 5.57 Å². The second kappa shape index (κ2) is 9.14. The number of carbonyl (C=O) groups is 2. The molecule has 0 unspecified atom stereocenters. The summed E-state index contributed by atoms with van der Waals surface area (Å²) in [5.41, 5.74) is 1.70. The number of Topliss-reactive ketones (excluding diaryl/α,β-unsaturated/α-hetero) is 1. The maximum atomic E-state index is 13.2. The highest BCUT2D eigenvalue weighted by molar-refractivity contribution is 6.39. The minimum absolute atomic E-state index is 0.153. The van der Waals surface area contributed by atoms with Crippen LogP contribution in [0.1, 0.15) is 39.1 Å². The number of nitrogens with zero attached hydrogens (tertiary/aromatic N) is 1. The van der Waals surface area contributed by atoms with E-state index in [1.807, 2.05) is 0 Å². The van der Waals surface area contributed by atoms with Gasteiger partial charge in [-0.1, -0.05) is 18.2 Å². The fraction of sp³-hybridized carbons (Fsp3) is 0.360. The summed E-state index contributed by atoms with van der Waals surface area (Å²) in [6.07, 6.45) is 3.28. The average Bonchev–Trinajstić information content (AvgIpc) is 3.30. The van der Waals surface area contributed by atoms with Crippen molar-refractivity contribution in [2.75, 3.05) is 46.2 Å². The molecule has 7 heteroatoms. The number of unbranched alkanes of at least 4 members (excludes halogenated alkanes) is 1. The highest BCUT2D eigenvalue weighted by Crippen LogP contribution is 2.38. The monoisotopic (exact) mass is 435 g/mol. The molecule has 2 aromatic rings. The molecule has 7 nitrogen and oxygen atoms in total. The SMILES string of the molecule is O=C1C(c2ccc3c(c2)OCO3)=CC(=O)c2c(OCCCCN3CCOCC3)cccc21. The molecule has 5 rings (SSSR count). The molecule has 1 saturated heterocycles. The largest absolute Gasteiger partial charge is 0.493 e. The summed E-state index contributed by atoms with van der Waals surface area (Å²) in [5, 5.41) is 0. The van der Waals surface area contributed by atoms with Gasteiger partial charge in [0.2, 0.25) is 6.79 Å². The second-order valence-corrected chi connectivity index (χ2v) is 8.01. The Kier molecular flexibility index (Phi) is 5.92.